The molecule has 37 heavy (non-hydrogen) atoms. The molecule has 1 unspecified atom stereocenters. The molecule has 0 aliphatic carbocycles. The standard InChI is InChI=1S/C29H35ClN2O5/c1-3-4-16-37-24-11-8-22(19-20(24)2)27(33)25-26(21-6-9-23(30)10-7-21)32(29(35)28(25)34)13-5-12-31-14-17-36-18-15-31/h6-11,19,26,33H,3-5,12-18H2,1-2H3/b27-25-. The van der Waals surface area contributed by atoms with Gasteiger partial charge in [-0.3, -0.25) is 14.5 Å². The second-order valence-electron chi connectivity index (χ2n) is 9.53. The van der Waals surface area contributed by atoms with Crippen molar-refractivity contribution in [1.29, 1.82) is 0 Å². The molecule has 2 fully saturated rings. The zero-order chi connectivity index (χ0) is 26.4. The first-order chi connectivity index (χ1) is 17.9. The Bertz CT molecular complexity index is 1140. The van der Waals surface area contributed by atoms with Crippen molar-refractivity contribution in [3.8, 4) is 5.75 Å². The summed E-state index contributed by atoms with van der Waals surface area (Å²) in [6.07, 6.45) is 2.70. The highest BCUT2D eigenvalue weighted by atomic mass is 35.5. The number of hydrogen-bond donors (Lipinski definition) is 1. The molecule has 7 nitrogen and oxygen atoms in total. The Kier molecular flexibility index (Phi) is 9.24. The Balaban J connectivity index is 1.64. The first-order valence-electron chi connectivity index (χ1n) is 13.0. The van der Waals surface area contributed by atoms with E-state index in [9.17, 15) is 14.7 Å². The number of rotatable bonds is 10. The van der Waals surface area contributed by atoms with Gasteiger partial charge in [-0.15, -0.1) is 0 Å². The molecule has 2 heterocycles. The quantitative estimate of drug-likeness (QED) is 0.204. The second-order valence-corrected chi connectivity index (χ2v) is 9.97. The van der Waals surface area contributed by atoms with E-state index in [0.29, 0.717) is 43.4 Å². The Morgan fingerprint density at radius 3 is 2.49 bits per heavy atom. The molecule has 0 bridgehead atoms. The normalized spacial score (nSPS) is 20.0. The summed E-state index contributed by atoms with van der Waals surface area (Å²) in [6.45, 7) is 8.95. The maximum atomic E-state index is 13.3. The number of ketones is 1. The van der Waals surface area contributed by atoms with E-state index in [1.54, 1.807) is 47.4 Å². The molecule has 2 aromatic carbocycles. The van der Waals surface area contributed by atoms with Crippen molar-refractivity contribution in [2.75, 3.05) is 46.0 Å². The van der Waals surface area contributed by atoms with Crippen molar-refractivity contribution < 1.29 is 24.2 Å². The van der Waals surface area contributed by atoms with Gasteiger partial charge in [-0.05, 0) is 61.2 Å². The summed E-state index contributed by atoms with van der Waals surface area (Å²) >= 11 is 6.12. The molecule has 1 amide bonds. The number of carbonyl (C=O) groups is 2. The van der Waals surface area contributed by atoms with Crippen molar-refractivity contribution in [3.05, 3.63) is 69.8 Å². The van der Waals surface area contributed by atoms with Crippen LogP contribution >= 0.6 is 11.6 Å². The maximum absolute atomic E-state index is 13.3. The van der Waals surface area contributed by atoms with Crippen molar-refractivity contribution in [2.45, 2.75) is 39.2 Å². The minimum atomic E-state index is -0.692. The number of halogens is 1. The van der Waals surface area contributed by atoms with Gasteiger partial charge in [0.15, 0.2) is 0 Å². The summed E-state index contributed by atoms with van der Waals surface area (Å²) in [4.78, 5) is 30.4. The van der Waals surface area contributed by atoms with E-state index in [1.165, 1.54) is 0 Å². The van der Waals surface area contributed by atoms with Gasteiger partial charge in [0.05, 0.1) is 31.4 Å². The highest BCUT2D eigenvalue weighted by molar-refractivity contribution is 6.46. The fraction of sp³-hybridized carbons (Fsp3) is 0.448. The van der Waals surface area contributed by atoms with Gasteiger partial charge in [-0.25, -0.2) is 0 Å². The number of aliphatic hydroxyl groups is 1. The van der Waals surface area contributed by atoms with Gasteiger partial charge >= 0.3 is 0 Å². The van der Waals surface area contributed by atoms with E-state index in [2.05, 4.69) is 11.8 Å². The number of likely N-dealkylation sites (tertiary alicyclic amines) is 1. The van der Waals surface area contributed by atoms with Crippen LogP contribution in [-0.2, 0) is 14.3 Å². The van der Waals surface area contributed by atoms with Crippen LogP contribution in [0, 0.1) is 6.92 Å². The number of aliphatic hydroxyl groups excluding tert-OH is 1. The van der Waals surface area contributed by atoms with E-state index >= 15 is 0 Å². The van der Waals surface area contributed by atoms with Crippen LogP contribution in [0.4, 0.5) is 0 Å². The fourth-order valence-corrected chi connectivity index (χ4v) is 4.96. The molecule has 2 aromatic rings. The molecule has 0 aromatic heterocycles. The highest BCUT2D eigenvalue weighted by Crippen LogP contribution is 2.40. The number of carbonyl (C=O) groups excluding carboxylic acids is 2. The first-order valence-corrected chi connectivity index (χ1v) is 13.4. The average molecular weight is 527 g/mol. The lowest BCUT2D eigenvalue weighted by atomic mass is 9.94. The van der Waals surface area contributed by atoms with Gasteiger partial charge in [0.2, 0.25) is 0 Å². The maximum Gasteiger partial charge on any atom is 0.295 e. The van der Waals surface area contributed by atoms with Crippen molar-refractivity contribution in [2.24, 2.45) is 0 Å². The highest BCUT2D eigenvalue weighted by Gasteiger charge is 2.45. The Labute approximate surface area is 223 Å². The SMILES string of the molecule is CCCCOc1ccc(/C(O)=C2/C(=O)C(=O)N(CCCN3CCOCC3)C2c2ccc(Cl)cc2)cc1C. The van der Waals surface area contributed by atoms with Gasteiger partial charge < -0.3 is 19.5 Å². The molecule has 198 valence electrons. The molecule has 0 saturated carbocycles. The number of aryl methyl sites for hydroxylation is 1. The van der Waals surface area contributed by atoms with Crippen LogP contribution in [0.2, 0.25) is 5.02 Å². The number of nitrogens with zero attached hydrogens (tertiary/aromatic N) is 2. The molecule has 8 heteroatoms. The topological polar surface area (TPSA) is 79.3 Å². The van der Waals surface area contributed by atoms with Crippen LogP contribution < -0.4 is 4.74 Å². The lowest BCUT2D eigenvalue weighted by Gasteiger charge is -2.29. The van der Waals surface area contributed by atoms with Crippen LogP contribution in [0.25, 0.3) is 5.76 Å². The molecule has 0 spiro atoms. The zero-order valence-corrected chi connectivity index (χ0v) is 22.3. The van der Waals surface area contributed by atoms with E-state index in [0.717, 1.165) is 49.4 Å². The van der Waals surface area contributed by atoms with Gasteiger partial charge in [-0.2, -0.15) is 0 Å². The average Bonchev–Trinajstić information content (AvgIpc) is 3.15. The lowest BCUT2D eigenvalue weighted by molar-refractivity contribution is -0.140. The molecule has 1 atom stereocenters. The smallest absolute Gasteiger partial charge is 0.295 e. The number of ether oxygens (including phenoxy) is 2. The Morgan fingerprint density at radius 1 is 1.08 bits per heavy atom. The van der Waals surface area contributed by atoms with Crippen molar-refractivity contribution in [1.82, 2.24) is 9.80 Å². The molecule has 2 aliphatic rings. The number of Topliss-reactive ketones (excluding diaryl/α,β-unsaturated/α-hetero) is 1. The predicted octanol–water partition coefficient (Wildman–Crippen LogP) is 4.97. The fourth-order valence-electron chi connectivity index (χ4n) is 4.83. The second kappa shape index (κ2) is 12.6. The lowest BCUT2D eigenvalue weighted by Crippen LogP contribution is -2.38. The summed E-state index contributed by atoms with van der Waals surface area (Å²) in [5.41, 5.74) is 2.15. The zero-order valence-electron chi connectivity index (χ0n) is 21.5. The summed E-state index contributed by atoms with van der Waals surface area (Å²) < 4.78 is 11.3. The van der Waals surface area contributed by atoms with E-state index in [-0.39, 0.29) is 11.3 Å². The van der Waals surface area contributed by atoms with Crippen molar-refractivity contribution >= 4 is 29.1 Å². The largest absolute Gasteiger partial charge is 0.507 e. The van der Waals surface area contributed by atoms with Crippen LogP contribution in [0.3, 0.4) is 0 Å². The van der Waals surface area contributed by atoms with Gasteiger partial charge in [0.25, 0.3) is 11.7 Å². The third-order valence-corrected chi connectivity index (χ3v) is 7.16. The summed E-state index contributed by atoms with van der Waals surface area (Å²) in [7, 11) is 0. The van der Waals surface area contributed by atoms with Crippen LogP contribution in [0.15, 0.2) is 48.0 Å². The Morgan fingerprint density at radius 2 is 1.81 bits per heavy atom. The summed E-state index contributed by atoms with van der Waals surface area (Å²) in [5, 5.41) is 11.9. The first kappa shape index (κ1) is 27.2. The summed E-state index contributed by atoms with van der Waals surface area (Å²) in [5.74, 6) is -0.718. The molecule has 4 rings (SSSR count). The van der Waals surface area contributed by atoms with Crippen LogP contribution in [-0.4, -0.2) is 72.6 Å². The van der Waals surface area contributed by atoms with E-state index in [4.69, 9.17) is 21.1 Å². The van der Waals surface area contributed by atoms with Gasteiger partial charge in [0, 0.05) is 36.8 Å². The number of benzene rings is 2. The molecule has 1 N–H and O–H groups in total. The molecule has 0 radical (unpaired) electrons. The number of hydrogen-bond acceptors (Lipinski definition) is 6. The van der Waals surface area contributed by atoms with Gasteiger partial charge in [0.1, 0.15) is 11.5 Å². The predicted molar refractivity (Wildman–Crippen MR) is 144 cm³/mol. The third kappa shape index (κ3) is 6.35. The Hall–Kier alpha value is -2.87. The molecule has 2 aliphatic heterocycles. The number of morpholine rings is 1. The monoisotopic (exact) mass is 526 g/mol. The summed E-state index contributed by atoms with van der Waals surface area (Å²) in [6, 6.07) is 11.7. The van der Waals surface area contributed by atoms with Crippen LogP contribution in [0.1, 0.15) is 48.9 Å². The number of amides is 1. The molecule has 2 saturated heterocycles. The minimum Gasteiger partial charge on any atom is -0.507 e. The minimum absolute atomic E-state index is 0.0951. The van der Waals surface area contributed by atoms with E-state index in [1.807, 2.05) is 6.92 Å². The van der Waals surface area contributed by atoms with E-state index < -0.39 is 17.7 Å². The van der Waals surface area contributed by atoms with Crippen molar-refractivity contribution in [3.63, 3.8) is 0 Å². The van der Waals surface area contributed by atoms with Crippen LogP contribution in [0.5, 0.6) is 5.75 Å². The number of unbranched alkanes of at least 4 members (excludes halogenated alkanes) is 1. The molecular formula is C29H35ClN2O5. The third-order valence-electron chi connectivity index (χ3n) is 6.91. The van der Waals surface area contributed by atoms with Gasteiger partial charge in [-0.1, -0.05) is 37.1 Å². The molecular weight excluding hydrogens is 492 g/mol.